The summed E-state index contributed by atoms with van der Waals surface area (Å²) in [6.45, 7) is 13.4. The number of methoxy groups -OCH3 is 1. The Bertz CT molecular complexity index is 900. The van der Waals surface area contributed by atoms with Crippen LogP contribution in [0, 0.1) is 46.3 Å². The van der Waals surface area contributed by atoms with E-state index in [-0.39, 0.29) is 17.8 Å². The van der Waals surface area contributed by atoms with Crippen molar-refractivity contribution < 1.29 is 14.3 Å². The Hall–Kier alpha value is -1.18. The van der Waals surface area contributed by atoms with E-state index in [1.807, 2.05) is 13.8 Å². The number of fused-ring (bicyclic) bond motifs is 5. The lowest BCUT2D eigenvalue weighted by molar-refractivity contribution is -0.146. The predicted octanol–water partition coefficient (Wildman–Crippen LogP) is 5.81. The molecule has 4 saturated carbocycles. The molecule has 4 rings (SSSR count). The van der Waals surface area contributed by atoms with Crippen LogP contribution in [0.5, 0.6) is 0 Å². The molecule has 4 aliphatic rings. The first-order valence-corrected chi connectivity index (χ1v) is 18.2. The lowest BCUT2D eigenvalue weighted by Crippen LogP contribution is -2.55. The minimum Gasteiger partial charge on any atom is -0.467 e. The molecule has 4 fully saturated rings. The van der Waals surface area contributed by atoms with Gasteiger partial charge in [-0.3, -0.25) is 4.79 Å². The van der Waals surface area contributed by atoms with Crippen LogP contribution in [0.2, 0.25) is 0 Å². The van der Waals surface area contributed by atoms with Crippen LogP contribution in [-0.2, 0) is 14.3 Å². The van der Waals surface area contributed by atoms with Gasteiger partial charge in [-0.05, 0) is 156 Å². The fourth-order valence-corrected chi connectivity index (χ4v) is 10.4. The molecule has 0 aromatic heterocycles. The summed E-state index contributed by atoms with van der Waals surface area (Å²) in [6, 6.07) is 0.163. The summed E-state index contributed by atoms with van der Waals surface area (Å²) in [7, 11) is 1.40. The molecule has 0 radical (unpaired) electrons. The van der Waals surface area contributed by atoms with Gasteiger partial charge in [0.25, 0.3) is 0 Å². The van der Waals surface area contributed by atoms with Gasteiger partial charge in [-0.25, -0.2) is 4.79 Å². The Labute approximate surface area is 263 Å². The highest BCUT2D eigenvalue weighted by molar-refractivity contribution is 5.84. The van der Waals surface area contributed by atoms with Crippen LogP contribution >= 0.6 is 0 Å². The van der Waals surface area contributed by atoms with E-state index >= 15 is 0 Å². The average Bonchev–Trinajstić information content (AvgIpc) is 3.34. The lowest BCUT2D eigenvalue weighted by atomic mass is 9.44. The third-order valence-corrected chi connectivity index (χ3v) is 13.3. The van der Waals surface area contributed by atoms with Gasteiger partial charge in [0.05, 0.1) is 7.11 Å². The molecule has 10 unspecified atom stereocenters. The number of nitrogens with one attached hydrogen (secondary N) is 3. The molecule has 0 saturated heterocycles. The van der Waals surface area contributed by atoms with Crippen molar-refractivity contribution in [3.8, 4) is 0 Å². The second kappa shape index (κ2) is 15.9. The molecule has 248 valence electrons. The van der Waals surface area contributed by atoms with Gasteiger partial charge in [-0.15, -0.1) is 0 Å². The van der Waals surface area contributed by atoms with Gasteiger partial charge in [0, 0.05) is 12.5 Å². The van der Waals surface area contributed by atoms with Crippen LogP contribution in [0.15, 0.2) is 0 Å². The van der Waals surface area contributed by atoms with Crippen molar-refractivity contribution in [2.24, 2.45) is 52.1 Å². The fourth-order valence-electron chi connectivity index (χ4n) is 10.4. The van der Waals surface area contributed by atoms with E-state index in [1.54, 1.807) is 0 Å². The van der Waals surface area contributed by atoms with E-state index in [1.165, 1.54) is 71.3 Å². The number of esters is 1. The largest absolute Gasteiger partial charge is 0.467 e. The van der Waals surface area contributed by atoms with Crippen LogP contribution in [0.1, 0.15) is 124 Å². The molecule has 0 aromatic rings. The minimum absolute atomic E-state index is 0.00498. The van der Waals surface area contributed by atoms with Crippen LogP contribution in [0.3, 0.4) is 0 Å². The number of carbonyl (C=O) groups excluding carboxylic acids is 2. The first kappa shape index (κ1) is 34.7. The zero-order chi connectivity index (χ0) is 31.0. The molecule has 4 aliphatic carbocycles. The quantitative estimate of drug-likeness (QED) is 0.131. The van der Waals surface area contributed by atoms with Crippen molar-refractivity contribution in [1.82, 2.24) is 16.0 Å². The van der Waals surface area contributed by atoms with Gasteiger partial charge in [-0.2, -0.15) is 0 Å². The number of hydrogen-bond donors (Lipinski definition) is 4. The number of nitrogens with two attached hydrogens (primary N) is 1. The Balaban J connectivity index is 1.24. The number of carbonyl (C=O) groups is 2. The van der Waals surface area contributed by atoms with Crippen LogP contribution in [0.4, 0.5) is 0 Å². The molecular formula is C36H66N4O3. The number of amides is 1. The van der Waals surface area contributed by atoms with E-state index in [0.29, 0.717) is 23.3 Å². The second-order valence-corrected chi connectivity index (χ2v) is 15.5. The monoisotopic (exact) mass is 603 g/mol. The van der Waals surface area contributed by atoms with Crippen LogP contribution in [-0.4, -0.2) is 57.2 Å². The molecule has 0 bridgehead atoms. The first-order chi connectivity index (χ1) is 20.7. The Kier molecular flexibility index (Phi) is 12.8. The summed E-state index contributed by atoms with van der Waals surface area (Å²) in [5.41, 5.74) is 6.55. The summed E-state index contributed by atoms with van der Waals surface area (Å²) < 4.78 is 4.95. The molecule has 7 heteroatoms. The maximum atomic E-state index is 12.8. The molecule has 1 amide bonds. The van der Waals surface area contributed by atoms with Gasteiger partial charge < -0.3 is 26.4 Å². The molecular weight excluding hydrogens is 536 g/mol. The van der Waals surface area contributed by atoms with Gasteiger partial charge in [-0.1, -0.05) is 34.1 Å². The molecule has 10 atom stereocenters. The van der Waals surface area contributed by atoms with Crippen molar-refractivity contribution in [3.63, 3.8) is 0 Å². The molecule has 5 N–H and O–H groups in total. The molecule has 0 spiro atoms. The highest BCUT2D eigenvalue weighted by atomic mass is 16.5. The summed E-state index contributed by atoms with van der Waals surface area (Å²) in [5.74, 6) is 4.00. The second-order valence-electron chi connectivity index (χ2n) is 15.5. The Morgan fingerprint density at radius 1 is 0.930 bits per heavy atom. The number of rotatable bonds is 16. The van der Waals surface area contributed by atoms with Gasteiger partial charge >= 0.3 is 5.97 Å². The molecule has 7 nitrogen and oxygen atoms in total. The van der Waals surface area contributed by atoms with Crippen molar-refractivity contribution in [1.29, 1.82) is 0 Å². The molecule has 0 aliphatic heterocycles. The highest BCUT2D eigenvalue weighted by Gasteiger charge is 2.59. The molecule has 43 heavy (non-hydrogen) atoms. The average molecular weight is 603 g/mol. The smallest absolute Gasteiger partial charge is 0.328 e. The van der Waals surface area contributed by atoms with Gasteiger partial charge in [0.15, 0.2) is 0 Å². The number of hydrogen-bond acceptors (Lipinski definition) is 6. The normalized spacial score (nSPS) is 36.6. The van der Waals surface area contributed by atoms with E-state index < -0.39 is 6.04 Å². The Morgan fingerprint density at radius 3 is 2.42 bits per heavy atom. The summed E-state index contributed by atoms with van der Waals surface area (Å²) in [4.78, 5) is 25.0. The highest BCUT2D eigenvalue weighted by Crippen LogP contribution is 2.67. The van der Waals surface area contributed by atoms with Crippen molar-refractivity contribution in [3.05, 3.63) is 0 Å². The molecule has 0 heterocycles. The van der Waals surface area contributed by atoms with Crippen molar-refractivity contribution in [2.75, 3.05) is 33.3 Å². The van der Waals surface area contributed by atoms with E-state index in [9.17, 15) is 9.59 Å². The van der Waals surface area contributed by atoms with E-state index in [0.717, 1.165) is 81.5 Å². The van der Waals surface area contributed by atoms with E-state index in [2.05, 4.69) is 29.8 Å². The zero-order valence-corrected chi connectivity index (χ0v) is 28.4. The van der Waals surface area contributed by atoms with E-state index in [4.69, 9.17) is 10.5 Å². The Morgan fingerprint density at radius 2 is 1.67 bits per heavy atom. The maximum Gasteiger partial charge on any atom is 0.328 e. The third-order valence-electron chi connectivity index (χ3n) is 13.3. The van der Waals surface area contributed by atoms with Gasteiger partial charge in [0.2, 0.25) is 5.91 Å². The summed E-state index contributed by atoms with van der Waals surface area (Å²) in [6.07, 6.45) is 18.1. The topological polar surface area (TPSA) is 105 Å². The van der Waals surface area contributed by atoms with Crippen molar-refractivity contribution in [2.45, 2.75) is 136 Å². The van der Waals surface area contributed by atoms with Crippen molar-refractivity contribution >= 4 is 11.9 Å². The standard InChI is InChI=1S/C36H66N4O3/c1-6-25(2)33(34(42)43-5)40-32(41)11-7-10-26-13-15-30-29-14-12-27-24-28(39-23-9-22-38-21-8-20-37)16-18-36(27,4)31(29)17-19-35(26,30)3/h25-31,33,38-39H,6-24,37H2,1-5H3,(H,40,41). The summed E-state index contributed by atoms with van der Waals surface area (Å²) in [5, 5.41) is 10.4. The van der Waals surface area contributed by atoms with Gasteiger partial charge in [0.1, 0.15) is 6.04 Å². The maximum absolute atomic E-state index is 12.8. The predicted molar refractivity (Wildman–Crippen MR) is 175 cm³/mol. The SMILES string of the molecule is CCC(C)C(NC(=O)CCCC1CCC2C3CCC4CC(NCCCNCCCN)CCC4(C)C3CCC12C)C(=O)OC. The van der Waals surface area contributed by atoms with Crippen LogP contribution in [0.25, 0.3) is 0 Å². The molecule has 0 aromatic carbocycles. The van der Waals surface area contributed by atoms with Crippen LogP contribution < -0.4 is 21.7 Å². The summed E-state index contributed by atoms with van der Waals surface area (Å²) >= 11 is 0. The first-order valence-electron chi connectivity index (χ1n) is 18.2. The number of ether oxygens (including phenoxy) is 1. The fraction of sp³-hybridized carbons (Fsp3) is 0.944. The zero-order valence-electron chi connectivity index (χ0n) is 28.4. The lowest BCUT2D eigenvalue weighted by Gasteiger charge is -2.61. The third kappa shape index (κ3) is 7.98. The minimum atomic E-state index is -0.539.